The Morgan fingerprint density at radius 2 is 1.65 bits per heavy atom. The third kappa shape index (κ3) is 5.63. The molecule has 1 fully saturated rings. The molecule has 7 nitrogen and oxygen atoms in total. The highest BCUT2D eigenvalue weighted by atomic mass is 32.2. The van der Waals surface area contributed by atoms with Crippen LogP contribution in [0.1, 0.15) is 57.6 Å². The zero-order chi connectivity index (χ0) is 28.5. The second-order valence-electron chi connectivity index (χ2n) is 11.1. The lowest BCUT2D eigenvalue weighted by Gasteiger charge is -2.33. The number of anilines is 2. The van der Waals surface area contributed by atoms with Gasteiger partial charge >= 0.3 is 10.1 Å². The van der Waals surface area contributed by atoms with Crippen molar-refractivity contribution in [1.29, 1.82) is 0 Å². The summed E-state index contributed by atoms with van der Waals surface area (Å²) in [5, 5.41) is 6.77. The van der Waals surface area contributed by atoms with Crippen LogP contribution in [0.3, 0.4) is 0 Å². The molecule has 0 amide bonds. The SMILES string of the molecule is COc1ccccc1NCc1c(-c2ccc(OS(=O)(=O)C3CCCC3)cc2OC)ccc2c1C(C)=CC(C)(C)N2. The van der Waals surface area contributed by atoms with E-state index in [1.54, 1.807) is 26.4 Å². The van der Waals surface area contributed by atoms with Gasteiger partial charge in [0.15, 0.2) is 0 Å². The number of fused-ring (bicyclic) bond motifs is 1. The summed E-state index contributed by atoms with van der Waals surface area (Å²) >= 11 is 0. The fourth-order valence-corrected chi connectivity index (χ4v) is 7.35. The third-order valence-electron chi connectivity index (χ3n) is 7.69. The lowest BCUT2D eigenvalue weighted by molar-refractivity contribution is 0.412. The molecule has 0 unspecified atom stereocenters. The average Bonchev–Trinajstić information content (AvgIpc) is 3.47. The molecule has 3 aromatic rings. The first-order chi connectivity index (χ1) is 19.1. The summed E-state index contributed by atoms with van der Waals surface area (Å²) in [5.41, 5.74) is 7.02. The highest BCUT2D eigenvalue weighted by Gasteiger charge is 2.31. The number of hydrogen-bond acceptors (Lipinski definition) is 7. The largest absolute Gasteiger partial charge is 0.496 e. The van der Waals surface area contributed by atoms with Gasteiger partial charge in [-0.3, -0.25) is 0 Å². The molecule has 1 saturated carbocycles. The first kappa shape index (κ1) is 27.9. The van der Waals surface area contributed by atoms with Crippen LogP contribution >= 0.6 is 0 Å². The van der Waals surface area contributed by atoms with Crippen LogP contribution in [0.5, 0.6) is 17.2 Å². The molecule has 1 aliphatic heterocycles. The summed E-state index contributed by atoms with van der Waals surface area (Å²) in [5.74, 6) is 1.57. The van der Waals surface area contributed by atoms with Gasteiger partial charge in [-0.15, -0.1) is 0 Å². The Bertz CT molecular complexity index is 1540. The number of benzene rings is 3. The number of allylic oxidation sites excluding steroid dienone is 1. The number of hydrogen-bond donors (Lipinski definition) is 2. The molecule has 0 radical (unpaired) electrons. The molecule has 8 heteroatoms. The van der Waals surface area contributed by atoms with Gasteiger partial charge in [-0.25, -0.2) is 0 Å². The molecule has 5 rings (SSSR count). The van der Waals surface area contributed by atoms with Crippen molar-refractivity contribution >= 4 is 27.1 Å². The van der Waals surface area contributed by atoms with E-state index in [9.17, 15) is 8.42 Å². The monoisotopic (exact) mass is 562 g/mol. The van der Waals surface area contributed by atoms with Crippen LogP contribution in [0, 0.1) is 0 Å². The molecular weight excluding hydrogens is 524 g/mol. The van der Waals surface area contributed by atoms with Crippen molar-refractivity contribution in [2.75, 3.05) is 24.9 Å². The van der Waals surface area contributed by atoms with Gasteiger partial charge in [-0.1, -0.05) is 37.1 Å². The average molecular weight is 563 g/mol. The first-order valence-electron chi connectivity index (χ1n) is 13.7. The van der Waals surface area contributed by atoms with Crippen molar-refractivity contribution in [1.82, 2.24) is 0 Å². The van der Waals surface area contributed by atoms with E-state index in [-0.39, 0.29) is 11.3 Å². The summed E-state index contributed by atoms with van der Waals surface area (Å²) in [7, 11) is -0.438. The van der Waals surface area contributed by atoms with Crippen LogP contribution in [0.2, 0.25) is 0 Å². The van der Waals surface area contributed by atoms with E-state index >= 15 is 0 Å². The fraction of sp³-hybridized carbons (Fsp3) is 0.375. The van der Waals surface area contributed by atoms with Crippen molar-refractivity contribution in [3.63, 3.8) is 0 Å². The number of ether oxygens (including phenoxy) is 2. The molecule has 0 atom stereocenters. The summed E-state index contributed by atoms with van der Waals surface area (Å²) in [4.78, 5) is 0. The molecule has 1 aliphatic carbocycles. The van der Waals surface area contributed by atoms with E-state index in [2.05, 4.69) is 49.6 Å². The highest BCUT2D eigenvalue weighted by molar-refractivity contribution is 7.87. The van der Waals surface area contributed by atoms with Crippen LogP contribution in [0.15, 0.2) is 60.7 Å². The van der Waals surface area contributed by atoms with Crippen LogP contribution in [-0.2, 0) is 16.7 Å². The van der Waals surface area contributed by atoms with E-state index in [0.29, 0.717) is 25.1 Å². The van der Waals surface area contributed by atoms with E-state index in [4.69, 9.17) is 13.7 Å². The number of rotatable bonds is 9. The Kier molecular flexibility index (Phi) is 7.73. The minimum Gasteiger partial charge on any atom is -0.496 e. The summed E-state index contributed by atoms with van der Waals surface area (Å²) in [6.45, 7) is 6.98. The van der Waals surface area contributed by atoms with Crippen molar-refractivity contribution < 1.29 is 22.1 Å². The molecule has 212 valence electrons. The topological polar surface area (TPSA) is 85.9 Å². The maximum absolute atomic E-state index is 12.8. The lowest BCUT2D eigenvalue weighted by atomic mass is 9.85. The molecule has 2 N–H and O–H groups in total. The fourth-order valence-electron chi connectivity index (χ4n) is 5.93. The molecule has 0 aromatic heterocycles. The second kappa shape index (κ2) is 11.1. The number of para-hydroxylation sites is 2. The molecule has 1 heterocycles. The Labute approximate surface area is 237 Å². The van der Waals surface area contributed by atoms with E-state index in [0.717, 1.165) is 52.2 Å². The normalized spacial score (nSPS) is 16.5. The standard InChI is InChI=1S/C32H38N2O5S/c1-21-19-32(2,3)34-28-17-16-24(26(31(21)28)20-33-27-12-8-9-13-29(27)37-4)25-15-14-22(18-30(25)38-5)39-40(35,36)23-10-6-7-11-23/h8-9,12-19,23,33-34H,6-7,10-11,20H2,1-5H3. The molecule has 0 saturated heterocycles. The van der Waals surface area contributed by atoms with Crippen molar-refractivity contribution in [3.8, 4) is 28.4 Å². The predicted octanol–water partition coefficient (Wildman–Crippen LogP) is 7.24. The Morgan fingerprint density at radius 1 is 0.950 bits per heavy atom. The predicted molar refractivity (Wildman–Crippen MR) is 162 cm³/mol. The Morgan fingerprint density at radius 3 is 2.38 bits per heavy atom. The lowest BCUT2D eigenvalue weighted by Crippen LogP contribution is -2.32. The van der Waals surface area contributed by atoms with Gasteiger partial charge in [0.05, 0.1) is 30.7 Å². The molecule has 2 aliphatic rings. The van der Waals surface area contributed by atoms with Gasteiger partial charge in [0, 0.05) is 29.4 Å². The zero-order valence-corrected chi connectivity index (χ0v) is 24.7. The number of methoxy groups -OCH3 is 2. The number of nitrogens with one attached hydrogen (secondary N) is 2. The van der Waals surface area contributed by atoms with Gasteiger partial charge in [0.25, 0.3) is 0 Å². The summed E-state index contributed by atoms with van der Waals surface area (Å²) in [6, 6.07) is 17.3. The van der Waals surface area contributed by atoms with Crippen LogP contribution in [0.25, 0.3) is 16.7 Å². The van der Waals surface area contributed by atoms with E-state index in [1.807, 2.05) is 30.3 Å². The Hall–Kier alpha value is -3.65. The van der Waals surface area contributed by atoms with Gasteiger partial charge in [0.2, 0.25) is 0 Å². The summed E-state index contributed by atoms with van der Waals surface area (Å²) in [6.07, 6.45) is 5.37. The quantitative estimate of drug-likeness (QED) is 0.266. The summed E-state index contributed by atoms with van der Waals surface area (Å²) < 4.78 is 42.6. The smallest absolute Gasteiger partial charge is 0.312 e. The van der Waals surface area contributed by atoms with Gasteiger partial charge in [-0.2, -0.15) is 8.42 Å². The molecular formula is C32H38N2O5S. The van der Waals surface area contributed by atoms with Crippen molar-refractivity contribution in [3.05, 3.63) is 71.8 Å². The minimum absolute atomic E-state index is 0.173. The van der Waals surface area contributed by atoms with Crippen LogP contribution in [-0.4, -0.2) is 33.4 Å². The second-order valence-corrected chi connectivity index (χ2v) is 12.9. The molecule has 0 spiro atoms. The maximum Gasteiger partial charge on any atom is 0.312 e. The Balaban J connectivity index is 1.57. The minimum atomic E-state index is -3.69. The van der Waals surface area contributed by atoms with E-state index in [1.165, 1.54) is 5.57 Å². The van der Waals surface area contributed by atoms with Crippen molar-refractivity contribution in [2.24, 2.45) is 0 Å². The maximum atomic E-state index is 12.8. The molecule has 40 heavy (non-hydrogen) atoms. The highest BCUT2D eigenvalue weighted by Crippen LogP contribution is 2.44. The third-order valence-corrected chi connectivity index (χ3v) is 9.40. The van der Waals surface area contributed by atoms with Gasteiger partial charge in [0.1, 0.15) is 17.2 Å². The van der Waals surface area contributed by atoms with Crippen LogP contribution < -0.4 is 24.3 Å². The molecule has 0 bridgehead atoms. The van der Waals surface area contributed by atoms with Gasteiger partial charge < -0.3 is 24.3 Å². The first-order valence-corrected chi connectivity index (χ1v) is 15.2. The van der Waals surface area contributed by atoms with Crippen molar-refractivity contribution in [2.45, 2.75) is 63.8 Å². The van der Waals surface area contributed by atoms with Crippen LogP contribution in [0.4, 0.5) is 11.4 Å². The van der Waals surface area contributed by atoms with E-state index < -0.39 is 15.4 Å². The van der Waals surface area contributed by atoms with Gasteiger partial charge in [-0.05, 0) is 80.6 Å². The zero-order valence-electron chi connectivity index (χ0n) is 23.8. The molecule has 3 aromatic carbocycles.